The van der Waals surface area contributed by atoms with Gasteiger partial charge in [0.05, 0.1) is 58.3 Å². The molecule has 0 radical (unpaired) electrons. The summed E-state index contributed by atoms with van der Waals surface area (Å²) in [5, 5.41) is 0. The second kappa shape index (κ2) is 9.41. The van der Waals surface area contributed by atoms with Crippen molar-refractivity contribution in [3.63, 3.8) is 0 Å². The van der Waals surface area contributed by atoms with Crippen molar-refractivity contribution in [1.29, 1.82) is 0 Å². The topological polar surface area (TPSA) is 90.9 Å². The fourth-order valence-corrected chi connectivity index (χ4v) is 5.38. The summed E-state index contributed by atoms with van der Waals surface area (Å²) in [6, 6.07) is 14.5. The molecule has 1 spiro atoms. The maximum absolute atomic E-state index is 13.7. The number of ether oxygens (including phenoxy) is 8. The molecule has 0 N–H and O–H groups in total. The van der Waals surface area contributed by atoms with Crippen molar-refractivity contribution < 1.29 is 42.7 Å². The molecule has 1 saturated heterocycles. The van der Waals surface area contributed by atoms with Crippen molar-refractivity contribution >= 4 is 5.78 Å². The number of hydrogen-bond acceptors (Lipinski definition) is 9. The van der Waals surface area contributed by atoms with E-state index in [0.29, 0.717) is 65.1 Å². The number of benzene rings is 3. The number of carbonyl (C=O) groups excluding carboxylic acids is 1. The number of ketones is 1. The normalized spacial score (nSPS) is 20.8. The molecule has 6 rings (SSSR count). The van der Waals surface area contributed by atoms with E-state index < -0.39 is 18.0 Å². The molecule has 3 aliphatic heterocycles. The highest BCUT2D eigenvalue weighted by Crippen LogP contribution is 2.58. The predicted molar refractivity (Wildman–Crippen MR) is 135 cm³/mol. The Kier molecular flexibility index (Phi) is 6.04. The Morgan fingerprint density at radius 2 is 1.47 bits per heavy atom. The zero-order chi connectivity index (χ0) is 26.4. The quantitative estimate of drug-likeness (QED) is 0.456. The SMILES string of the molecule is COc1ccc(C2CC3(OCCO3)c3c(OC)cc(OC)c(C4Oc5cc(OC)ccc5C4=O)c3O2)cc1. The molecule has 3 aliphatic rings. The maximum Gasteiger partial charge on any atom is 0.211 e. The van der Waals surface area contributed by atoms with E-state index in [1.807, 2.05) is 24.3 Å². The minimum atomic E-state index is -1.14. The van der Waals surface area contributed by atoms with Crippen molar-refractivity contribution in [2.75, 3.05) is 41.7 Å². The molecule has 38 heavy (non-hydrogen) atoms. The number of Topliss-reactive ketones (excluding diaryl/α,β-unsaturated/α-hetero) is 1. The van der Waals surface area contributed by atoms with Crippen molar-refractivity contribution in [2.45, 2.75) is 24.4 Å². The van der Waals surface area contributed by atoms with Gasteiger partial charge >= 0.3 is 0 Å². The minimum absolute atomic E-state index is 0.217. The third-order valence-corrected chi connectivity index (χ3v) is 7.22. The van der Waals surface area contributed by atoms with Crippen LogP contribution >= 0.6 is 0 Å². The summed E-state index contributed by atoms with van der Waals surface area (Å²) in [5.41, 5.74) is 2.37. The lowest BCUT2D eigenvalue weighted by Crippen LogP contribution is -2.37. The van der Waals surface area contributed by atoms with Crippen LogP contribution in [0.2, 0.25) is 0 Å². The van der Waals surface area contributed by atoms with Crippen molar-refractivity contribution in [1.82, 2.24) is 0 Å². The highest BCUT2D eigenvalue weighted by molar-refractivity contribution is 6.06. The van der Waals surface area contributed by atoms with Crippen LogP contribution in [0.3, 0.4) is 0 Å². The first-order valence-corrected chi connectivity index (χ1v) is 12.3. The van der Waals surface area contributed by atoms with E-state index in [-0.39, 0.29) is 5.78 Å². The van der Waals surface area contributed by atoms with Gasteiger partial charge in [-0.2, -0.15) is 0 Å². The Balaban J connectivity index is 1.53. The average Bonchev–Trinajstić information content (AvgIpc) is 3.55. The van der Waals surface area contributed by atoms with Gasteiger partial charge in [0.25, 0.3) is 0 Å². The Bertz CT molecular complexity index is 1380. The molecule has 198 valence electrons. The van der Waals surface area contributed by atoms with Crippen LogP contribution in [0.4, 0.5) is 0 Å². The van der Waals surface area contributed by atoms with Gasteiger partial charge in [-0.05, 0) is 29.8 Å². The summed E-state index contributed by atoms with van der Waals surface area (Å²) in [6.45, 7) is 0.812. The van der Waals surface area contributed by atoms with Crippen molar-refractivity contribution in [2.24, 2.45) is 0 Å². The van der Waals surface area contributed by atoms with Gasteiger partial charge in [0, 0.05) is 18.6 Å². The molecule has 0 bridgehead atoms. The highest BCUT2D eigenvalue weighted by Gasteiger charge is 2.52. The zero-order valence-corrected chi connectivity index (χ0v) is 21.6. The first kappa shape index (κ1) is 24.4. The minimum Gasteiger partial charge on any atom is -0.497 e. The van der Waals surface area contributed by atoms with Crippen LogP contribution in [0, 0.1) is 0 Å². The average molecular weight is 521 g/mol. The van der Waals surface area contributed by atoms with Crippen LogP contribution in [0.5, 0.6) is 34.5 Å². The summed E-state index contributed by atoms with van der Waals surface area (Å²) in [4.78, 5) is 13.7. The van der Waals surface area contributed by atoms with Gasteiger partial charge in [0.15, 0.2) is 6.10 Å². The van der Waals surface area contributed by atoms with E-state index in [2.05, 4.69) is 0 Å². The molecule has 1 fully saturated rings. The van der Waals surface area contributed by atoms with E-state index in [4.69, 9.17) is 37.9 Å². The Labute approximate surface area is 220 Å². The summed E-state index contributed by atoms with van der Waals surface area (Å²) < 4.78 is 47.6. The molecule has 2 unspecified atom stereocenters. The van der Waals surface area contributed by atoms with Gasteiger partial charge in [-0.1, -0.05) is 12.1 Å². The van der Waals surface area contributed by atoms with Gasteiger partial charge in [-0.3, -0.25) is 4.79 Å². The summed E-state index contributed by atoms with van der Waals surface area (Å²) in [5.74, 6) is 1.64. The number of fused-ring (bicyclic) bond motifs is 3. The molecule has 0 amide bonds. The monoisotopic (exact) mass is 520 g/mol. The second-order valence-electron chi connectivity index (χ2n) is 9.16. The largest absolute Gasteiger partial charge is 0.497 e. The van der Waals surface area contributed by atoms with Crippen LogP contribution in [-0.2, 0) is 15.3 Å². The first-order valence-electron chi connectivity index (χ1n) is 12.3. The summed E-state index contributed by atoms with van der Waals surface area (Å²) in [6.07, 6.45) is -1.09. The van der Waals surface area contributed by atoms with Gasteiger partial charge in [0.1, 0.15) is 40.6 Å². The second-order valence-corrected chi connectivity index (χ2v) is 9.16. The molecular formula is C29H28O9. The third-order valence-electron chi connectivity index (χ3n) is 7.22. The Morgan fingerprint density at radius 1 is 0.789 bits per heavy atom. The lowest BCUT2D eigenvalue weighted by atomic mass is 9.87. The van der Waals surface area contributed by atoms with Crippen LogP contribution in [0.15, 0.2) is 48.5 Å². The number of carbonyl (C=O) groups is 1. The first-order chi connectivity index (χ1) is 18.5. The van der Waals surface area contributed by atoms with Crippen LogP contribution in [0.1, 0.15) is 45.7 Å². The fourth-order valence-electron chi connectivity index (χ4n) is 5.38. The van der Waals surface area contributed by atoms with Gasteiger partial charge in [-0.15, -0.1) is 0 Å². The lowest BCUT2D eigenvalue weighted by Gasteiger charge is -2.40. The smallest absolute Gasteiger partial charge is 0.211 e. The predicted octanol–water partition coefficient (Wildman–Crippen LogP) is 4.76. The molecule has 3 aromatic rings. The highest BCUT2D eigenvalue weighted by atomic mass is 16.7. The lowest BCUT2D eigenvalue weighted by molar-refractivity contribution is -0.196. The van der Waals surface area contributed by atoms with Crippen LogP contribution in [0.25, 0.3) is 0 Å². The zero-order valence-electron chi connectivity index (χ0n) is 21.6. The third kappa shape index (κ3) is 3.73. The van der Waals surface area contributed by atoms with Gasteiger partial charge < -0.3 is 37.9 Å². The number of methoxy groups -OCH3 is 4. The van der Waals surface area contributed by atoms with E-state index in [1.165, 1.54) is 7.11 Å². The molecule has 0 aliphatic carbocycles. The Hall–Kier alpha value is -3.95. The van der Waals surface area contributed by atoms with Gasteiger partial charge in [-0.25, -0.2) is 0 Å². The number of rotatable bonds is 6. The molecule has 2 atom stereocenters. The van der Waals surface area contributed by atoms with E-state index >= 15 is 0 Å². The van der Waals surface area contributed by atoms with Gasteiger partial charge in [0.2, 0.25) is 11.6 Å². The molecule has 3 aromatic carbocycles. The molecule has 9 heteroatoms. The molecular weight excluding hydrogens is 492 g/mol. The molecule has 9 nitrogen and oxygen atoms in total. The molecule has 0 aromatic heterocycles. The summed E-state index contributed by atoms with van der Waals surface area (Å²) >= 11 is 0. The van der Waals surface area contributed by atoms with E-state index in [1.54, 1.807) is 45.6 Å². The summed E-state index contributed by atoms with van der Waals surface area (Å²) in [7, 11) is 6.27. The van der Waals surface area contributed by atoms with E-state index in [9.17, 15) is 4.79 Å². The van der Waals surface area contributed by atoms with Crippen LogP contribution < -0.4 is 28.4 Å². The van der Waals surface area contributed by atoms with E-state index in [0.717, 1.165) is 11.3 Å². The number of hydrogen-bond donors (Lipinski definition) is 0. The molecule has 0 saturated carbocycles. The standard InChI is InChI=1S/C29H28O9/c1-31-17-7-5-16(6-8-17)23-15-29(35-11-12-36-29)25-22(34-4)14-21(33-3)24(27(25)38-23)28-26(30)19-10-9-18(32-2)13-20(19)37-28/h5-10,13-14,23,28H,11-12,15H2,1-4H3. The Morgan fingerprint density at radius 3 is 2.13 bits per heavy atom. The molecule has 3 heterocycles. The van der Waals surface area contributed by atoms with Crippen LogP contribution in [-0.4, -0.2) is 47.4 Å². The van der Waals surface area contributed by atoms with Crippen molar-refractivity contribution in [3.05, 3.63) is 70.8 Å². The fraction of sp³-hybridized carbons (Fsp3) is 0.345. The van der Waals surface area contributed by atoms with Crippen molar-refractivity contribution in [3.8, 4) is 34.5 Å². The maximum atomic E-state index is 13.7.